The zero-order chi connectivity index (χ0) is 22.1. The molecule has 0 spiro atoms. The molecule has 1 amide bonds. The van der Waals surface area contributed by atoms with Gasteiger partial charge < -0.3 is 9.47 Å². The molecule has 0 saturated carbocycles. The molecule has 8 nitrogen and oxygen atoms in total. The molecular formula is C20H24FN3O5S. The van der Waals surface area contributed by atoms with Crippen LogP contribution in [0.2, 0.25) is 0 Å². The standard InChI is InChI=1S/C20H24FN3O5S/c1-4-28-18-10-9-15(11-19(18)29-5-2)13-22-23-20(25)14-24(30(3,26)27)17-8-6-7-16(21)12-17/h6-13H,4-5,14H2,1-3H3,(H,23,25)/b22-13-. The lowest BCUT2D eigenvalue weighted by Crippen LogP contribution is -2.39. The molecule has 2 aromatic rings. The van der Waals surface area contributed by atoms with E-state index in [0.29, 0.717) is 30.3 Å². The molecular weight excluding hydrogens is 413 g/mol. The molecule has 0 saturated heterocycles. The third kappa shape index (κ3) is 6.73. The van der Waals surface area contributed by atoms with Gasteiger partial charge in [0, 0.05) is 0 Å². The monoisotopic (exact) mass is 437 g/mol. The lowest BCUT2D eigenvalue weighted by atomic mass is 10.2. The summed E-state index contributed by atoms with van der Waals surface area (Å²) in [5.41, 5.74) is 2.96. The van der Waals surface area contributed by atoms with Crippen molar-refractivity contribution in [1.82, 2.24) is 5.43 Å². The van der Waals surface area contributed by atoms with Gasteiger partial charge in [0.1, 0.15) is 12.4 Å². The average molecular weight is 437 g/mol. The first-order chi connectivity index (χ1) is 14.2. The first kappa shape index (κ1) is 23.1. The second-order valence-electron chi connectivity index (χ2n) is 6.11. The van der Waals surface area contributed by atoms with E-state index in [-0.39, 0.29) is 5.69 Å². The van der Waals surface area contributed by atoms with Gasteiger partial charge in [0.15, 0.2) is 11.5 Å². The molecule has 30 heavy (non-hydrogen) atoms. The number of carbonyl (C=O) groups excluding carboxylic acids is 1. The molecule has 0 aliphatic rings. The van der Waals surface area contributed by atoms with Crippen LogP contribution >= 0.6 is 0 Å². The van der Waals surface area contributed by atoms with Crippen molar-refractivity contribution in [2.75, 3.05) is 30.3 Å². The predicted molar refractivity (Wildman–Crippen MR) is 113 cm³/mol. The minimum Gasteiger partial charge on any atom is -0.490 e. The second kappa shape index (κ2) is 10.6. The number of hydrazone groups is 1. The van der Waals surface area contributed by atoms with Crippen LogP contribution in [0.1, 0.15) is 19.4 Å². The molecule has 0 atom stereocenters. The summed E-state index contributed by atoms with van der Waals surface area (Å²) in [6.45, 7) is 4.12. The van der Waals surface area contributed by atoms with Gasteiger partial charge in [-0.25, -0.2) is 18.2 Å². The third-order valence-corrected chi connectivity index (χ3v) is 4.89. The molecule has 0 heterocycles. The average Bonchev–Trinajstić information content (AvgIpc) is 2.67. The van der Waals surface area contributed by atoms with Gasteiger partial charge in [0.25, 0.3) is 5.91 Å². The molecule has 0 aliphatic heterocycles. The predicted octanol–water partition coefficient (Wildman–Crippen LogP) is 2.54. The topological polar surface area (TPSA) is 97.3 Å². The minimum atomic E-state index is -3.81. The van der Waals surface area contributed by atoms with Gasteiger partial charge in [-0.15, -0.1) is 0 Å². The number of amides is 1. The van der Waals surface area contributed by atoms with Crippen LogP contribution in [0, 0.1) is 5.82 Å². The lowest BCUT2D eigenvalue weighted by Gasteiger charge is -2.21. The maximum absolute atomic E-state index is 13.4. The van der Waals surface area contributed by atoms with Crippen LogP contribution < -0.4 is 19.2 Å². The number of ether oxygens (including phenoxy) is 2. The van der Waals surface area contributed by atoms with E-state index in [1.54, 1.807) is 18.2 Å². The molecule has 162 valence electrons. The van der Waals surface area contributed by atoms with E-state index in [2.05, 4.69) is 10.5 Å². The van der Waals surface area contributed by atoms with Crippen LogP contribution in [0.25, 0.3) is 0 Å². The van der Waals surface area contributed by atoms with Crippen molar-refractivity contribution in [1.29, 1.82) is 0 Å². The van der Waals surface area contributed by atoms with Crippen LogP contribution in [0.4, 0.5) is 10.1 Å². The summed E-state index contributed by atoms with van der Waals surface area (Å²) in [5, 5.41) is 3.85. The summed E-state index contributed by atoms with van der Waals surface area (Å²) < 4.78 is 49.3. The first-order valence-corrected chi connectivity index (χ1v) is 11.0. The summed E-state index contributed by atoms with van der Waals surface area (Å²) >= 11 is 0. The minimum absolute atomic E-state index is 0.0458. The van der Waals surface area contributed by atoms with Gasteiger partial charge in [-0.05, 0) is 55.8 Å². The van der Waals surface area contributed by atoms with Crippen molar-refractivity contribution in [2.24, 2.45) is 5.10 Å². The van der Waals surface area contributed by atoms with Gasteiger partial charge in [-0.2, -0.15) is 5.10 Å². The fourth-order valence-electron chi connectivity index (χ4n) is 2.52. The Kier molecular flexibility index (Phi) is 8.16. The van der Waals surface area contributed by atoms with Crippen molar-refractivity contribution in [3.05, 3.63) is 53.8 Å². The van der Waals surface area contributed by atoms with E-state index in [9.17, 15) is 17.6 Å². The number of rotatable bonds is 10. The Hall–Kier alpha value is -3.14. The number of carbonyl (C=O) groups is 1. The normalized spacial score (nSPS) is 11.3. The zero-order valence-electron chi connectivity index (χ0n) is 17.0. The fourth-order valence-corrected chi connectivity index (χ4v) is 3.37. The number of hydrogen-bond donors (Lipinski definition) is 1. The Morgan fingerprint density at radius 2 is 1.83 bits per heavy atom. The van der Waals surface area contributed by atoms with E-state index >= 15 is 0 Å². The van der Waals surface area contributed by atoms with Crippen molar-refractivity contribution in [3.8, 4) is 11.5 Å². The highest BCUT2D eigenvalue weighted by Crippen LogP contribution is 2.28. The molecule has 2 rings (SSSR count). The van der Waals surface area contributed by atoms with E-state index < -0.39 is 28.3 Å². The SMILES string of the molecule is CCOc1ccc(/C=N\NC(=O)CN(c2cccc(F)c2)S(C)(=O)=O)cc1OCC. The second-order valence-corrected chi connectivity index (χ2v) is 8.02. The number of nitrogens with one attached hydrogen (secondary N) is 1. The molecule has 0 aliphatic carbocycles. The highest BCUT2D eigenvalue weighted by molar-refractivity contribution is 7.92. The summed E-state index contributed by atoms with van der Waals surface area (Å²) in [4.78, 5) is 12.2. The number of anilines is 1. The van der Waals surface area contributed by atoms with E-state index in [4.69, 9.17) is 9.47 Å². The van der Waals surface area contributed by atoms with Crippen molar-refractivity contribution >= 4 is 27.8 Å². The molecule has 0 radical (unpaired) electrons. The van der Waals surface area contributed by atoms with Crippen LogP contribution in [0.3, 0.4) is 0 Å². The van der Waals surface area contributed by atoms with E-state index in [1.165, 1.54) is 24.4 Å². The first-order valence-electron chi connectivity index (χ1n) is 9.19. The highest BCUT2D eigenvalue weighted by Gasteiger charge is 2.21. The molecule has 0 aromatic heterocycles. The third-order valence-electron chi connectivity index (χ3n) is 3.75. The molecule has 0 fully saturated rings. The smallest absolute Gasteiger partial charge is 0.260 e. The van der Waals surface area contributed by atoms with Gasteiger partial charge in [-0.3, -0.25) is 9.10 Å². The zero-order valence-corrected chi connectivity index (χ0v) is 17.8. The number of benzene rings is 2. The molecule has 0 bridgehead atoms. The molecule has 1 N–H and O–H groups in total. The van der Waals surface area contributed by atoms with Gasteiger partial charge >= 0.3 is 0 Å². The maximum Gasteiger partial charge on any atom is 0.260 e. The van der Waals surface area contributed by atoms with Crippen LogP contribution in [-0.2, 0) is 14.8 Å². The van der Waals surface area contributed by atoms with Gasteiger partial charge in [0.2, 0.25) is 10.0 Å². The van der Waals surface area contributed by atoms with E-state index in [0.717, 1.165) is 16.6 Å². The molecule has 10 heteroatoms. The van der Waals surface area contributed by atoms with Crippen molar-refractivity contribution in [3.63, 3.8) is 0 Å². The fraction of sp³-hybridized carbons (Fsp3) is 0.300. The van der Waals surface area contributed by atoms with Gasteiger partial charge in [-0.1, -0.05) is 6.07 Å². The van der Waals surface area contributed by atoms with Gasteiger partial charge in [0.05, 0.1) is 31.4 Å². The maximum atomic E-state index is 13.4. The Balaban J connectivity index is 2.08. The van der Waals surface area contributed by atoms with Crippen LogP contribution in [-0.4, -0.2) is 46.6 Å². The summed E-state index contributed by atoms with van der Waals surface area (Å²) in [5.74, 6) is -0.152. The van der Waals surface area contributed by atoms with E-state index in [1.807, 2.05) is 13.8 Å². The summed E-state index contributed by atoms with van der Waals surface area (Å²) in [6, 6.07) is 10.1. The Morgan fingerprint density at radius 1 is 1.13 bits per heavy atom. The van der Waals surface area contributed by atoms with Crippen LogP contribution in [0.5, 0.6) is 11.5 Å². The van der Waals surface area contributed by atoms with Crippen molar-refractivity contribution in [2.45, 2.75) is 13.8 Å². The highest BCUT2D eigenvalue weighted by atomic mass is 32.2. The largest absolute Gasteiger partial charge is 0.490 e. The van der Waals surface area contributed by atoms with Crippen molar-refractivity contribution < 1.29 is 27.1 Å². The Bertz CT molecular complexity index is 1010. The lowest BCUT2D eigenvalue weighted by molar-refractivity contribution is -0.119. The van der Waals surface area contributed by atoms with Crippen LogP contribution in [0.15, 0.2) is 47.6 Å². The summed E-state index contributed by atoms with van der Waals surface area (Å²) in [7, 11) is -3.81. The summed E-state index contributed by atoms with van der Waals surface area (Å²) in [6.07, 6.45) is 2.33. The number of hydrogen-bond acceptors (Lipinski definition) is 6. The number of halogens is 1. The Morgan fingerprint density at radius 3 is 2.47 bits per heavy atom. The molecule has 2 aromatic carbocycles. The quantitative estimate of drug-likeness (QED) is 0.455. The number of nitrogens with zero attached hydrogens (tertiary/aromatic N) is 2. The number of sulfonamides is 1. The molecule has 0 unspecified atom stereocenters. The Labute approximate surface area is 175 Å².